The highest BCUT2D eigenvalue weighted by molar-refractivity contribution is 5.30. The Bertz CT molecular complexity index is 522. The molecular formula is C15H20N2O2. The molecule has 102 valence electrons. The maximum Gasteiger partial charge on any atom is 0.226 e. The summed E-state index contributed by atoms with van der Waals surface area (Å²) in [5, 5.41) is 4.03. The number of benzene rings is 1. The molecule has 1 atom stereocenters. The van der Waals surface area contributed by atoms with Gasteiger partial charge < -0.3 is 9.26 Å². The molecule has 2 rings (SSSR count). The Hall–Kier alpha value is -1.84. The van der Waals surface area contributed by atoms with E-state index in [9.17, 15) is 0 Å². The first-order valence-corrected chi connectivity index (χ1v) is 6.65. The van der Waals surface area contributed by atoms with E-state index in [0.717, 1.165) is 35.9 Å². The number of hydrogen-bond acceptors (Lipinski definition) is 4. The van der Waals surface area contributed by atoms with Gasteiger partial charge in [-0.3, -0.25) is 0 Å². The monoisotopic (exact) mass is 260 g/mol. The van der Waals surface area contributed by atoms with E-state index < -0.39 is 0 Å². The van der Waals surface area contributed by atoms with Crippen LogP contribution in [0.5, 0.6) is 5.75 Å². The van der Waals surface area contributed by atoms with Gasteiger partial charge in [0.2, 0.25) is 5.89 Å². The van der Waals surface area contributed by atoms with Crippen LogP contribution >= 0.6 is 0 Å². The topological polar surface area (TPSA) is 48.2 Å². The Morgan fingerprint density at radius 2 is 2.21 bits per heavy atom. The molecule has 1 aromatic carbocycles. The lowest BCUT2D eigenvalue weighted by molar-refractivity contribution is 0.352. The first-order valence-electron chi connectivity index (χ1n) is 6.65. The van der Waals surface area contributed by atoms with Crippen molar-refractivity contribution < 1.29 is 9.26 Å². The second-order valence-electron chi connectivity index (χ2n) is 4.85. The molecule has 0 saturated heterocycles. The fourth-order valence-electron chi connectivity index (χ4n) is 1.85. The lowest BCUT2D eigenvalue weighted by atomic mass is 10.1. The molecule has 1 aromatic heterocycles. The van der Waals surface area contributed by atoms with Crippen LogP contribution in [0, 0.1) is 5.92 Å². The van der Waals surface area contributed by atoms with Gasteiger partial charge in [0.1, 0.15) is 5.75 Å². The molecule has 0 fully saturated rings. The molecule has 1 unspecified atom stereocenters. The Morgan fingerprint density at radius 3 is 2.95 bits per heavy atom. The number of rotatable bonds is 6. The molecule has 0 saturated carbocycles. The zero-order valence-electron chi connectivity index (χ0n) is 11.7. The fraction of sp³-hybridized carbons (Fsp3) is 0.467. The summed E-state index contributed by atoms with van der Waals surface area (Å²) in [6.07, 6.45) is 2.64. The molecule has 2 aromatic rings. The molecule has 0 radical (unpaired) electrons. The Kier molecular flexibility index (Phi) is 4.55. The van der Waals surface area contributed by atoms with Gasteiger partial charge in [0.25, 0.3) is 0 Å². The van der Waals surface area contributed by atoms with Crippen molar-refractivity contribution in [2.75, 3.05) is 7.11 Å². The third kappa shape index (κ3) is 3.81. The minimum Gasteiger partial charge on any atom is -0.497 e. The predicted molar refractivity (Wildman–Crippen MR) is 73.3 cm³/mol. The highest BCUT2D eigenvalue weighted by Crippen LogP contribution is 2.16. The van der Waals surface area contributed by atoms with Gasteiger partial charge >= 0.3 is 0 Å². The van der Waals surface area contributed by atoms with Crippen LogP contribution < -0.4 is 4.74 Å². The van der Waals surface area contributed by atoms with Gasteiger partial charge in [0.15, 0.2) is 5.82 Å². The second kappa shape index (κ2) is 6.36. The number of hydrogen-bond donors (Lipinski definition) is 0. The summed E-state index contributed by atoms with van der Waals surface area (Å²) in [5.41, 5.74) is 1.12. The SMILES string of the molecule is CCC(C)Cc1nc(Cc2cccc(OC)c2)no1. The van der Waals surface area contributed by atoms with Crippen molar-refractivity contribution in [2.45, 2.75) is 33.1 Å². The Balaban J connectivity index is 2.02. The highest BCUT2D eigenvalue weighted by atomic mass is 16.5. The fourth-order valence-corrected chi connectivity index (χ4v) is 1.85. The van der Waals surface area contributed by atoms with Gasteiger partial charge in [-0.1, -0.05) is 37.6 Å². The minimum atomic E-state index is 0.574. The standard InChI is InChI=1S/C15H20N2O2/c1-4-11(2)8-15-16-14(17-19-15)10-12-6-5-7-13(9-12)18-3/h5-7,9,11H,4,8,10H2,1-3H3. The van der Waals surface area contributed by atoms with E-state index in [1.165, 1.54) is 0 Å². The van der Waals surface area contributed by atoms with Crippen LogP contribution in [0.1, 0.15) is 37.5 Å². The summed E-state index contributed by atoms with van der Waals surface area (Å²) >= 11 is 0. The molecule has 19 heavy (non-hydrogen) atoms. The van der Waals surface area contributed by atoms with E-state index in [2.05, 4.69) is 24.0 Å². The van der Waals surface area contributed by atoms with E-state index in [1.807, 2.05) is 24.3 Å². The Morgan fingerprint density at radius 1 is 1.37 bits per heavy atom. The van der Waals surface area contributed by atoms with Gasteiger partial charge in [-0.25, -0.2) is 0 Å². The van der Waals surface area contributed by atoms with Crippen LogP contribution in [0.2, 0.25) is 0 Å². The zero-order valence-corrected chi connectivity index (χ0v) is 11.7. The van der Waals surface area contributed by atoms with E-state index in [0.29, 0.717) is 12.3 Å². The third-order valence-electron chi connectivity index (χ3n) is 3.23. The van der Waals surface area contributed by atoms with E-state index in [1.54, 1.807) is 7.11 Å². The smallest absolute Gasteiger partial charge is 0.226 e. The van der Waals surface area contributed by atoms with Crippen molar-refractivity contribution in [1.82, 2.24) is 10.1 Å². The number of ether oxygens (including phenoxy) is 1. The molecule has 0 bridgehead atoms. The van der Waals surface area contributed by atoms with Crippen molar-refractivity contribution in [3.8, 4) is 5.75 Å². The lowest BCUT2D eigenvalue weighted by Crippen LogP contribution is -1.98. The van der Waals surface area contributed by atoms with Crippen molar-refractivity contribution in [1.29, 1.82) is 0 Å². The molecule has 0 spiro atoms. The van der Waals surface area contributed by atoms with Gasteiger partial charge in [-0.15, -0.1) is 0 Å². The first kappa shape index (κ1) is 13.6. The van der Waals surface area contributed by atoms with Crippen molar-refractivity contribution in [3.05, 3.63) is 41.5 Å². The lowest BCUT2D eigenvalue weighted by Gasteiger charge is -2.02. The Labute approximate surface area is 113 Å². The van der Waals surface area contributed by atoms with Gasteiger partial charge in [0.05, 0.1) is 7.11 Å². The second-order valence-corrected chi connectivity index (χ2v) is 4.85. The molecule has 0 aliphatic heterocycles. The minimum absolute atomic E-state index is 0.574. The number of methoxy groups -OCH3 is 1. The van der Waals surface area contributed by atoms with Crippen LogP contribution in [-0.4, -0.2) is 17.3 Å². The van der Waals surface area contributed by atoms with Crippen molar-refractivity contribution >= 4 is 0 Å². The van der Waals surface area contributed by atoms with Crippen LogP contribution in [-0.2, 0) is 12.8 Å². The molecule has 4 nitrogen and oxygen atoms in total. The van der Waals surface area contributed by atoms with Crippen LogP contribution in [0.4, 0.5) is 0 Å². The maximum atomic E-state index is 5.27. The molecule has 0 aliphatic carbocycles. The summed E-state index contributed by atoms with van der Waals surface area (Å²) in [5.74, 6) is 2.88. The predicted octanol–water partition coefficient (Wildman–Crippen LogP) is 3.26. The van der Waals surface area contributed by atoms with Crippen molar-refractivity contribution in [3.63, 3.8) is 0 Å². The third-order valence-corrected chi connectivity index (χ3v) is 3.23. The number of nitrogens with zero attached hydrogens (tertiary/aromatic N) is 2. The van der Waals surface area contributed by atoms with E-state index in [-0.39, 0.29) is 0 Å². The van der Waals surface area contributed by atoms with Gasteiger partial charge in [-0.2, -0.15) is 4.98 Å². The average molecular weight is 260 g/mol. The van der Waals surface area contributed by atoms with Gasteiger partial charge in [-0.05, 0) is 23.6 Å². The van der Waals surface area contributed by atoms with Crippen LogP contribution in [0.25, 0.3) is 0 Å². The first-order chi connectivity index (χ1) is 9.21. The molecule has 4 heteroatoms. The summed E-state index contributed by atoms with van der Waals surface area (Å²) in [6.45, 7) is 4.35. The van der Waals surface area contributed by atoms with Crippen molar-refractivity contribution in [2.24, 2.45) is 5.92 Å². The molecule has 0 aliphatic rings. The van der Waals surface area contributed by atoms with E-state index >= 15 is 0 Å². The van der Waals surface area contributed by atoms with Crippen LogP contribution in [0.15, 0.2) is 28.8 Å². The zero-order chi connectivity index (χ0) is 13.7. The summed E-state index contributed by atoms with van der Waals surface area (Å²) in [7, 11) is 1.66. The highest BCUT2D eigenvalue weighted by Gasteiger charge is 2.10. The summed E-state index contributed by atoms with van der Waals surface area (Å²) < 4.78 is 10.5. The quantitative estimate of drug-likeness (QED) is 0.800. The van der Waals surface area contributed by atoms with E-state index in [4.69, 9.17) is 9.26 Å². The largest absolute Gasteiger partial charge is 0.497 e. The molecule has 0 amide bonds. The summed E-state index contributed by atoms with van der Waals surface area (Å²) in [6, 6.07) is 7.92. The van der Waals surface area contributed by atoms with Gasteiger partial charge in [0, 0.05) is 12.8 Å². The molecular weight excluding hydrogens is 240 g/mol. The molecule has 1 heterocycles. The molecule has 0 N–H and O–H groups in total. The summed E-state index contributed by atoms with van der Waals surface area (Å²) in [4.78, 5) is 4.43. The average Bonchev–Trinajstić information content (AvgIpc) is 2.86. The normalized spacial score (nSPS) is 12.4. The maximum absolute atomic E-state index is 5.27. The van der Waals surface area contributed by atoms with Crippen LogP contribution in [0.3, 0.4) is 0 Å². The number of aromatic nitrogens is 2.